The van der Waals surface area contributed by atoms with E-state index in [1.54, 1.807) is 24.3 Å². The van der Waals surface area contributed by atoms with Crippen molar-refractivity contribution >= 4 is 29.0 Å². The van der Waals surface area contributed by atoms with E-state index >= 15 is 0 Å². The fourth-order valence-electron chi connectivity index (χ4n) is 2.55. The van der Waals surface area contributed by atoms with Crippen molar-refractivity contribution in [2.45, 2.75) is 40.2 Å². The number of anilines is 1. The largest absolute Gasteiger partial charge is 0.339 e. The lowest BCUT2D eigenvalue weighted by molar-refractivity contribution is 0.0755. The molecule has 6 nitrogen and oxygen atoms in total. The summed E-state index contributed by atoms with van der Waals surface area (Å²) < 4.78 is 0. The summed E-state index contributed by atoms with van der Waals surface area (Å²) in [6.07, 6.45) is 1.87. The van der Waals surface area contributed by atoms with Gasteiger partial charge >= 0.3 is 6.03 Å². The second kappa shape index (κ2) is 9.91. The summed E-state index contributed by atoms with van der Waals surface area (Å²) in [5, 5.41) is 8.35. The number of hydrogen-bond donors (Lipinski definition) is 2. The van der Waals surface area contributed by atoms with E-state index < -0.39 is 0 Å². The molecule has 7 heteroatoms. The Kier molecular flexibility index (Phi) is 7.59. The fourth-order valence-corrected chi connectivity index (χ4v) is 3.26. The van der Waals surface area contributed by atoms with Crippen LogP contribution in [0.15, 0.2) is 29.6 Å². The van der Waals surface area contributed by atoms with Crippen LogP contribution in [0, 0.1) is 6.92 Å². The molecule has 0 saturated carbocycles. The molecule has 140 valence electrons. The molecule has 0 aliphatic carbocycles. The number of aromatic nitrogens is 1. The lowest BCUT2D eigenvalue weighted by atomic mass is 10.1. The number of nitrogens with zero attached hydrogens (tertiary/aromatic N) is 2. The summed E-state index contributed by atoms with van der Waals surface area (Å²) in [6, 6.07) is 6.70. The molecule has 0 fully saturated rings. The van der Waals surface area contributed by atoms with Crippen LogP contribution in [0.1, 0.15) is 47.7 Å². The number of carbonyl (C=O) groups excluding carboxylic acids is 2. The van der Waals surface area contributed by atoms with Crippen LogP contribution >= 0.6 is 11.3 Å². The molecule has 0 radical (unpaired) electrons. The molecule has 0 atom stereocenters. The molecule has 0 spiro atoms. The number of amides is 3. The Labute approximate surface area is 158 Å². The third-order valence-electron chi connectivity index (χ3n) is 3.73. The summed E-state index contributed by atoms with van der Waals surface area (Å²) in [5.41, 5.74) is 2.23. The van der Waals surface area contributed by atoms with Gasteiger partial charge in [-0.15, -0.1) is 11.3 Å². The van der Waals surface area contributed by atoms with E-state index in [2.05, 4.69) is 29.5 Å². The molecule has 26 heavy (non-hydrogen) atoms. The van der Waals surface area contributed by atoms with Crippen molar-refractivity contribution in [1.82, 2.24) is 15.2 Å². The molecule has 1 aromatic heterocycles. The van der Waals surface area contributed by atoms with E-state index in [9.17, 15) is 9.59 Å². The zero-order chi connectivity index (χ0) is 18.9. The third-order valence-corrected chi connectivity index (χ3v) is 4.70. The van der Waals surface area contributed by atoms with Crippen molar-refractivity contribution in [3.63, 3.8) is 0 Å². The maximum Gasteiger partial charge on any atom is 0.319 e. The Morgan fingerprint density at radius 1 is 1.12 bits per heavy atom. The van der Waals surface area contributed by atoms with Crippen LogP contribution in [-0.2, 0) is 6.54 Å². The van der Waals surface area contributed by atoms with Gasteiger partial charge in [-0.2, -0.15) is 0 Å². The number of hydrogen-bond acceptors (Lipinski definition) is 4. The van der Waals surface area contributed by atoms with Crippen molar-refractivity contribution in [3.05, 3.63) is 45.9 Å². The minimum absolute atomic E-state index is 0.0313. The average Bonchev–Trinajstić information content (AvgIpc) is 3.05. The van der Waals surface area contributed by atoms with E-state index in [4.69, 9.17) is 0 Å². The molecule has 0 bridgehead atoms. The fraction of sp³-hybridized carbons (Fsp3) is 0.421. The first kappa shape index (κ1) is 19.9. The number of urea groups is 1. The Balaban J connectivity index is 1.89. The number of benzene rings is 1. The first-order valence-corrected chi connectivity index (χ1v) is 9.76. The average molecular weight is 375 g/mol. The molecular weight excluding hydrogens is 348 g/mol. The SMILES string of the molecule is CCCN(CCC)C(=O)c1ccc(NC(=O)NCc2nc(C)cs2)cc1. The van der Waals surface area contributed by atoms with E-state index in [1.165, 1.54) is 11.3 Å². The van der Waals surface area contributed by atoms with Gasteiger partial charge in [-0.3, -0.25) is 4.79 Å². The predicted octanol–water partition coefficient (Wildman–Crippen LogP) is 4.04. The minimum Gasteiger partial charge on any atom is -0.339 e. The summed E-state index contributed by atoms with van der Waals surface area (Å²) >= 11 is 1.52. The lowest BCUT2D eigenvalue weighted by Gasteiger charge is -2.21. The molecule has 2 N–H and O–H groups in total. The number of nitrogens with one attached hydrogen (secondary N) is 2. The second-order valence-electron chi connectivity index (χ2n) is 6.06. The highest BCUT2D eigenvalue weighted by Crippen LogP contribution is 2.13. The van der Waals surface area contributed by atoms with Gasteiger partial charge < -0.3 is 15.5 Å². The minimum atomic E-state index is -0.296. The summed E-state index contributed by atoms with van der Waals surface area (Å²) in [5.74, 6) is 0.0313. The number of thiazole rings is 1. The van der Waals surface area contributed by atoms with E-state index in [-0.39, 0.29) is 11.9 Å². The smallest absolute Gasteiger partial charge is 0.319 e. The van der Waals surface area contributed by atoms with E-state index in [0.29, 0.717) is 17.8 Å². The highest BCUT2D eigenvalue weighted by molar-refractivity contribution is 7.09. The van der Waals surface area contributed by atoms with Crippen molar-refractivity contribution in [3.8, 4) is 0 Å². The van der Waals surface area contributed by atoms with Gasteiger partial charge in [0.1, 0.15) is 5.01 Å². The first-order chi connectivity index (χ1) is 12.5. The van der Waals surface area contributed by atoms with E-state index in [1.807, 2.05) is 17.2 Å². The molecule has 3 amide bonds. The number of rotatable bonds is 8. The van der Waals surface area contributed by atoms with Crippen LogP contribution in [0.2, 0.25) is 0 Å². The maximum absolute atomic E-state index is 12.5. The van der Waals surface area contributed by atoms with Crippen molar-refractivity contribution in [2.24, 2.45) is 0 Å². The van der Waals surface area contributed by atoms with Gasteiger partial charge in [0, 0.05) is 35.4 Å². The summed E-state index contributed by atoms with van der Waals surface area (Å²) in [6.45, 7) is 7.95. The first-order valence-electron chi connectivity index (χ1n) is 8.88. The van der Waals surface area contributed by atoms with Crippen molar-refractivity contribution < 1.29 is 9.59 Å². The molecule has 2 rings (SSSR count). The van der Waals surface area contributed by atoms with E-state index in [0.717, 1.165) is 36.6 Å². The van der Waals surface area contributed by atoms with Crippen LogP contribution in [0.3, 0.4) is 0 Å². The molecule has 0 unspecified atom stereocenters. The molecular formula is C19H26N4O2S. The Hall–Kier alpha value is -2.41. The maximum atomic E-state index is 12.5. The van der Waals surface area contributed by atoms with Crippen molar-refractivity contribution in [2.75, 3.05) is 18.4 Å². The van der Waals surface area contributed by atoms with Crippen LogP contribution in [0.4, 0.5) is 10.5 Å². The normalized spacial score (nSPS) is 10.4. The third kappa shape index (κ3) is 5.84. The molecule has 2 aromatic rings. The second-order valence-corrected chi connectivity index (χ2v) is 7.00. The predicted molar refractivity (Wildman–Crippen MR) is 106 cm³/mol. The molecule has 1 heterocycles. The van der Waals surface area contributed by atoms with Gasteiger partial charge in [0.05, 0.1) is 6.54 Å². The standard InChI is InChI=1S/C19H26N4O2S/c1-4-10-23(11-5-2)18(24)15-6-8-16(9-7-15)22-19(25)20-12-17-21-14(3)13-26-17/h6-9,13H,4-5,10-12H2,1-3H3,(H2,20,22,25). The Morgan fingerprint density at radius 3 is 2.31 bits per heavy atom. The highest BCUT2D eigenvalue weighted by Gasteiger charge is 2.14. The summed E-state index contributed by atoms with van der Waals surface area (Å²) in [7, 11) is 0. The van der Waals surface area contributed by atoms with Gasteiger partial charge in [-0.25, -0.2) is 9.78 Å². The highest BCUT2D eigenvalue weighted by atomic mass is 32.1. The van der Waals surface area contributed by atoms with Gasteiger partial charge in [-0.1, -0.05) is 13.8 Å². The van der Waals surface area contributed by atoms with Crippen LogP contribution in [0.25, 0.3) is 0 Å². The van der Waals surface area contributed by atoms with Crippen LogP contribution < -0.4 is 10.6 Å². The van der Waals surface area contributed by atoms with Crippen molar-refractivity contribution in [1.29, 1.82) is 0 Å². The topological polar surface area (TPSA) is 74.3 Å². The number of aryl methyl sites for hydroxylation is 1. The van der Waals surface area contributed by atoms with Gasteiger partial charge in [0.25, 0.3) is 5.91 Å². The number of carbonyl (C=O) groups is 2. The van der Waals surface area contributed by atoms with Gasteiger partial charge in [0.2, 0.25) is 0 Å². The zero-order valence-electron chi connectivity index (χ0n) is 15.5. The van der Waals surface area contributed by atoms with Crippen LogP contribution in [0.5, 0.6) is 0 Å². The molecule has 0 aliphatic heterocycles. The van der Waals surface area contributed by atoms with Gasteiger partial charge in [-0.05, 0) is 44.0 Å². The lowest BCUT2D eigenvalue weighted by Crippen LogP contribution is -2.32. The quantitative estimate of drug-likeness (QED) is 0.732. The molecule has 0 aliphatic rings. The Morgan fingerprint density at radius 2 is 1.77 bits per heavy atom. The molecule has 0 saturated heterocycles. The Bertz CT molecular complexity index is 721. The zero-order valence-corrected chi connectivity index (χ0v) is 16.4. The van der Waals surface area contributed by atoms with Gasteiger partial charge in [0.15, 0.2) is 0 Å². The van der Waals surface area contributed by atoms with Crippen LogP contribution in [-0.4, -0.2) is 34.9 Å². The molecule has 1 aromatic carbocycles. The monoisotopic (exact) mass is 374 g/mol. The summed E-state index contributed by atoms with van der Waals surface area (Å²) in [4.78, 5) is 30.7.